The summed E-state index contributed by atoms with van der Waals surface area (Å²) >= 11 is 3.46. The van der Waals surface area contributed by atoms with Gasteiger partial charge in [0.25, 0.3) is 0 Å². The molecule has 0 atom stereocenters. The van der Waals surface area contributed by atoms with Crippen LogP contribution in [-0.4, -0.2) is 4.98 Å². The summed E-state index contributed by atoms with van der Waals surface area (Å²) in [7, 11) is 0. The fourth-order valence-electron chi connectivity index (χ4n) is 2.04. The first-order chi connectivity index (χ1) is 8.97. The molecule has 1 heterocycles. The van der Waals surface area contributed by atoms with Crippen molar-refractivity contribution in [2.24, 2.45) is 0 Å². The van der Waals surface area contributed by atoms with Crippen molar-refractivity contribution >= 4 is 21.7 Å². The number of nitrogens with zero attached hydrogens (tertiary/aromatic N) is 1. The van der Waals surface area contributed by atoms with E-state index in [0.29, 0.717) is 0 Å². The lowest BCUT2D eigenvalue weighted by Gasteiger charge is -2.12. The first kappa shape index (κ1) is 14.1. The molecular weight excluding hydrogens is 300 g/mol. The minimum absolute atomic E-state index is 0.807. The van der Waals surface area contributed by atoms with Gasteiger partial charge in [-0.05, 0) is 78.0 Å². The molecule has 1 aromatic carbocycles. The molecule has 0 bridgehead atoms. The summed E-state index contributed by atoms with van der Waals surface area (Å²) in [5.41, 5.74) is 6.33. The molecule has 19 heavy (non-hydrogen) atoms. The SMILES string of the molecule is Cc1cc(C)c(CNc2ccc(Br)c(C)n2)cc1C. The second-order valence-electron chi connectivity index (χ2n) is 4.98. The maximum atomic E-state index is 4.50. The van der Waals surface area contributed by atoms with Crippen LogP contribution in [0.4, 0.5) is 5.82 Å². The molecule has 100 valence electrons. The maximum absolute atomic E-state index is 4.50. The van der Waals surface area contributed by atoms with Crippen LogP contribution in [0.3, 0.4) is 0 Å². The normalized spacial score (nSPS) is 10.6. The molecule has 2 rings (SSSR count). The minimum atomic E-state index is 0.807. The van der Waals surface area contributed by atoms with Crippen molar-refractivity contribution in [3.63, 3.8) is 0 Å². The molecule has 3 heteroatoms. The number of pyridine rings is 1. The largest absolute Gasteiger partial charge is 0.366 e. The Labute approximate surface area is 123 Å². The van der Waals surface area contributed by atoms with E-state index in [2.05, 4.69) is 59.1 Å². The van der Waals surface area contributed by atoms with E-state index in [-0.39, 0.29) is 0 Å². The third-order valence-corrected chi connectivity index (χ3v) is 4.27. The van der Waals surface area contributed by atoms with Gasteiger partial charge in [0.05, 0.1) is 5.69 Å². The van der Waals surface area contributed by atoms with Crippen LogP contribution in [0.15, 0.2) is 28.7 Å². The Balaban J connectivity index is 2.14. The van der Waals surface area contributed by atoms with Crippen LogP contribution in [0.1, 0.15) is 27.9 Å². The molecule has 0 aliphatic rings. The topological polar surface area (TPSA) is 24.9 Å². The van der Waals surface area contributed by atoms with E-state index in [9.17, 15) is 0 Å². The minimum Gasteiger partial charge on any atom is -0.366 e. The number of benzene rings is 1. The summed E-state index contributed by atoms with van der Waals surface area (Å²) < 4.78 is 1.04. The summed E-state index contributed by atoms with van der Waals surface area (Å²) in [5.74, 6) is 0.915. The molecule has 0 saturated carbocycles. The molecule has 0 spiro atoms. The Morgan fingerprint density at radius 2 is 1.68 bits per heavy atom. The number of anilines is 1. The van der Waals surface area contributed by atoms with E-state index in [1.165, 1.54) is 22.3 Å². The number of hydrogen-bond donors (Lipinski definition) is 1. The van der Waals surface area contributed by atoms with E-state index in [1.54, 1.807) is 0 Å². The molecule has 0 unspecified atom stereocenters. The molecule has 0 fully saturated rings. The summed E-state index contributed by atoms with van der Waals surface area (Å²) in [6.45, 7) is 9.26. The average molecular weight is 319 g/mol. The van der Waals surface area contributed by atoms with E-state index in [1.807, 2.05) is 19.1 Å². The lowest BCUT2D eigenvalue weighted by Crippen LogP contribution is -2.04. The summed E-state index contributed by atoms with van der Waals surface area (Å²) in [4.78, 5) is 4.50. The van der Waals surface area contributed by atoms with E-state index in [0.717, 1.165) is 22.5 Å². The Kier molecular flexibility index (Phi) is 4.25. The van der Waals surface area contributed by atoms with E-state index >= 15 is 0 Å². The van der Waals surface area contributed by atoms with Crippen molar-refractivity contribution in [1.29, 1.82) is 0 Å². The van der Waals surface area contributed by atoms with E-state index in [4.69, 9.17) is 0 Å². The zero-order valence-electron chi connectivity index (χ0n) is 11.8. The molecule has 2 aromatic rings. The standard InChI is InChI=1S/C16H19BrN2/c1-10-7-12(3)14(8-11(10)2)9-18-16-6-5-15(17)13(4)19-16/h5-8H,9H2,1-4H3,(H,18,19). The molecular formula is C16H19BrN2. The third kappa shape index (κ3) is 3.35. The Morgan fingerprint density at radius 3 is 2.37 bits per heavy atom. The average Bonchev–Trinajstić information content (AvgIpc) is 2.36. The third-order valence-electron chi connectivity index (χ3n) is 3.43. The lowest BCUT2D eigenvalue weighted by molar-refractivity contribution is 1.06. The summed E-state index contributed by atoms with van der Waals surface area (Å²) in [6.07, 6.45) is 0. The number of nitrogens with one attached hydrogen (secondary N) is 1. The first-order valence-electron chi connectivity index (χ1n) is 6.41. The smallest absolute Gasteiger partial charge is 0.126 e. The molecule has 1 N–H and O–H groups in total. The predicted octanol–water partition coefficient (Wildman–Crippen LogP) is 4.69. The number of halogens is 1. The monoisotopic (exact) mass is 318 g/mol. The quantitative estimate of drug-likeness (QED) is 0.888. The van der Waals surface area contributed by atoms with Crippen LogP contribution < -0.4 is 5.32 Å². The Morgan fingerprint density at radius 1 is 1.00 bits per heavy atom. The van der Waals surface area contributed by atoms with Crippen LogP contribution in [-0.2, 0) is 6.54 Å². The number of rotatable bonds is 3. The van der Waals surface area contributed by atoms with E-state index < -0.39 is 0 Å². The van der Waals surface area contributed by atoms with Gasteiger partial charge in [0.15, 0.2) is 0 Å². The van der Waals surface area contributed by atoms with Crippen molar-refractivity contribution in [3.8, 4) is 0 Å². The molecule has 0 amide bonds. The molecule has 2 nitrogen and oxygen atoms in total. The van der Waals surface area contributed by atoms with Gasteiger partial charge in [-0.15, -0.1) is 0 Å². The van der Waals surface area contributed by atoms with Crippen LogP contribution in [0.2, 0.25) is 0 Å². The second kappa shape index (κ2) is 5.74. The van der Waals surface area contributed by atoms with Crippen molar-refractivity contribution in [2.45, 2.75) is 34.2 Å². The van der Waals surface area contributed by atoms with Gasteiger partial charge in [0.1, 0.15) is 5.82 Å². The second-order valence-corrected chi connectivity index (χ2v) is 5.83. The van der Waals surface area contributed by atoms with Gasteiger partial charge in [0, 0.05) is 11.0 Å². The van der Waals surface area contributed by atoms with Crippen LogP contribution in [0.5, 0.6) is 0 Å². The lowest BCUT2D eigenvalue weighted by atomic mass is 10.0. The van der Waals surface area contributed by atoms with Crippen LogP contribution in [0.25, 0.3) is 0 Å². The summed E-state index contributed by atoms with van der Waals surface area (Å²) in [5, 5.41) is 3.38. The Hall–Kier alpha value is -1.35. The van der Waals surface area contributed by atoms with Crippen molar-refractivity contribution in [1.82, 2.24) is 4.98 Å². The van der Waals surface area contributed by atoms with Gasteiger partial charge in [-0.1, -0.05) is 12.1 Å². The van der Waals surface area contributed by atoms with Gasteiger partial charge in [-0.2, -0.15) is 0 Å². The van der Waals surface area contributed by atoms with Gasteiger partial charge < -0.3 is 5.32 Å². The molecule has 1 aromatic heterocycles. The van der Waals surface area contributed by atoms with Crippen molar-refractivity contribution < 1.29 is 0 Å². The zero-order valence-corrected chi connectivity index (χ0v) is 13.4. The highest BCUT2D eigenvalue weighted by Crippen LogP contribution is 2.19. The summed E-state index contributed by atoms with van der Waals surface area (Å²) in [6, 6.07) is 8.52. The zero-order chi connectivity index (χ0) is 14.0. The highest BCUT2D eigenvalue weighted by atomic mass is 79.9. The fraction of sp³-hybridized carbons (Fsp3) is 0.312. The number of aryl methyl sites for hydroxylation is 4. The molecule has 0 aliphatic heterocycles. The first-order valence-corrected chi connectivity index (χ1v) is 7.20. The number of aromatic nitrogens is 1. The Bertz CT molecular complexity index is 606. The molecule has 0 saturated heterocycles. The van der Waals surface area contributed by atoms with Crippen molar-refractivity contribution in [3.05, 3.63) is 56.7 Å². The number of hydrogen-bond acceptors (Lipinski definition) is 2. The highest BCUT2D eigenvalue weighted by Gasteiger charge is 2.03. The van der Waals surface area contributed by atoms with Gasteiger partial charge in [-0.25, -0.2) is 4.98 Å². The highest BCUT2D eigenvalue weighted by molar-refractivity contribution is 9.10. The van der Waals surface area contributed by atoms with Gasteiger partial charge in [-0.3, -0.25) is 0 Å². The van der Waals surface area contributed by atoms with Gasteiger partial charge >= 0.3 is 0 Å². The van der Waals surface area contributed by atoms with Crippen LogP contribution >= 0.6 is 15.9 Å². The predicted molar refractivity (Wildman–Crippen MR) is 84.7 cm³/mol. The van der Waals surface area contributed by atoms with Crippen molar-refractivity contribution in [2.75, 3.05) is 5.32 Å². The van der Waals surface area contributed by atoms with Gasteiger partial charge in [0.2, 0.25) is 0 Å². The maximum Gasteiger partial charge on any atom is 0.126 e. The van der Waals surface area contributed by atoms with Crippen LogP contribution in [0, 0.1) is 27.7 Å². The molecule has 0 aliphatic carbocycles. The fourth-order valence-corrected chi connectivity index (χ4v) is 2.26. The molecule has 0 radical (unpaired) electrons.